The van der Waals surface area contributed by atoms with E-state index in [1.54, 1.807) is 6.92 Å². The fourth-order valence-electron chi connectivity index (χ4n) is 3.28. The standard InChI is InChI=1S/C21H21ClFNO5S/c1-2-28-21(27)19-12-6-3-4-9-16(12)30-20(19)24-17(25)11-29-18(26)10-13-14(22)7-5-8-15(13)23/h5,7-8H,2-4,6,9-11H2,1H3,(H,24,25). The van der Waals surface area contributed by atoms with Gasteiger partial charge in [0.05, 0.1) is 18.6 Å². The fraction of sp³-hybridized carbons (Fsp3) is 0.381. The van der Waals surface area contributed by atoms with Gasteiger partial charge in [-0.05, 0) is 50.3 Å². The number of esters is 2. The number of thiophene rings is 1. The molecular weight excluding hydrogens is 433 g/mol. The molecule has 0 saturated carbocycles. The summed E-state index contributed by atoms with van der Waals surface area (Å²) in [5.74, 6) is -2.47. The lowest BCUT2D eigenvalue weighted by atomic mass is 9.95. The highest BCUT2D eigenvalue weighted by molar-refractivity contribution is 7.17. The van der Waals surface area contributed by atoms with Gasteiger partial charge in [0.2, 0.25) is 0 Å². The van der Waals surface area contributed by atoms with Crippen LogP contribution in [-0.2, 0) is 38.3 Å². The lowest BCUT2D eigenvalue weighted by molar-refractivity contribution is -0.146. The van der Waals surface area contributed by atoms with Gasteiger partial charge in [0.1, 0.15) is 10.8 Å². The average molecular weight is 454 g/mol. The number of nitrogens with one attached hydrogen (secondary N) is 1. The minimum absolute atomic E-state index is 0.0140. The molecule has 0 radical (unpaired) electrons. The van der Waals surface area contributed by atoms with E-state index < -0.39 is 30.3 Å². The highest BCUT2D eigenvalue weighted by atomic mass is 35.5. The van der Waals surface area contributed by atoms with Crippen molar-refractivity contribution in [3.63, 3.8) is 0 Å². The normalized spacial score (nSPS) is 12.8. The molecule has 30 heavy (non-hydrogen) atoms. The summed E-state index contributed by atoms with van der Waals surface area (Å²) in [7, 11) is 0. The van der Waals surface area contributed by atoms with Gasteiger partial charge in [-0.25, -0.2) is 9.18 Å². The Morgan fingerprint density at radius 1 is 1.20 bits per heavy atom. The van der Waals surface area contributed by atoms with Crippen molar-refractivity contribution < 1.29 is 28.2 Å². The van der Waals surface area contributed by atoms with Crippen LogP contribution in [0.25, 0.3) is 0 Å². The fourth-order valence-corrected chi connectivity index (χ4v) is 4.80. The molecule has 1 aromatic heterocycles. The van der Waals surface area contributed by atoms with Crippen LogP contribution in [0.3, 0.4) is 0 Å². The highest BCUT2D eigenvalue weighted by Gasteiger charge is 2.27. The van der Waals surface area contributed by atoms with Crippen LogP contribution < -0.4 is 5.32 Å². The van der Waals surface area contributed by atoms with Crippen molar-refractivity contribution >= 4 is 45.8 Å². The summed E-state index contributed by atoms with van der Waals surface area (Å²) in [6, 6.07) is 4.09. The summed E-state index contributed by atoms with van der Waals surface area (Å²) < 4.78 is 23.9. The third-order valence-corrected chi connectivity index (χ3v) is 6.21. The molecule has 6 nitrogen and oxygen atoms in total. The van der Waals surface area contributed by atoms with Crippen molar-refractivity contribution in [3.8, 4) is 0 Å². The first-order valence-electron chi connectivity index (χ1n) is 9.60. The van der Waals surface area contributed by atoms with E-state index in [4.69, 9.17) is 21.1 Å². The maximum absolute atomic E-state index is 13.8. The van der Waals surface area contributed by atoms with Gasteiger partial charge in [-0.1, -0.05) is 17.7 Å². The molecule has 1 aromatic carbocycles. The molecule has 1 aliphatic rings. The Balaban J connectivity index is 1.64. The summed E-state index contributed by atoms with van der Waals surface area (Å²) >= 11 is 7.24. The first-order chi connectivity index (χ1) is 14.4. The summed E-state index contributed by atoms with van der Waals surface area (Å²) in [6.07, 6.45) is 3.22. The Labute approximate surface area is 182 Å². The minimum atomic E-state index is -0.784. The zero-order chi connectivity index (χ0) is 21.7. The predicted octanol–water partition coefficient (Wildman–Crippen LogP) is 4.32. The lowest BCUT2D eigenvalue weighted by Gasteiger charge is -2.12. The van der Waals surface area contributed by atoms with E-state index >= 15 is 0 Å². The summed E-state index contributed by atoms with van der Waals surface area (Å²) in [4.78, 5) is 37.8. The van der Waals surface area contributed by atoms with Crippen molar-refractivity contribution in [3.05, 3.63) is 50.6 Å². The molecule has 0 aliphatic heterocycles. The summed E-state index contributed by atoms with van der Waals surface area (Å²) in [5, 5.41) is 3.16. The number of ether oxygens (including phenoxy) is 2. The van der Waals surface area contributed by atoms with Crippen molar-refractivity contribution in [1.82, 2.24) is 0 Å². The lowest BCUT2D eigenvalue weighted by Crippen LogP contribution is -2.22. The molecule has 3 rings (SSSR count). The smallest absolute Gasteiger partial charge is 0.341 e. The number of rotatable bonds is 7. The number of hydrogen-bond acceptors (Lipinski definition) is 6. The second kappa shape index (κ2) is 10.0. The van der Waals surface area contributed by atoms with Crippen LogP contribution >= 0.6 is 22.9 Å². The van der Waals surface area contributed by atoms with Gasteiger partial charge in [-0.15, -0.1) is 11.3 Å². The Kier molecular flexibility index (Phi) is 7.44. The number of fused-ring (bicyclic) bond motifs is 1. The number of amides is 1. The number of benzene rings is 1. The van der Waals surface area contributed by atoms with Gasteiger partial charge in [0.25, 0.3) is 5.91 Å². The third kappa shape index (κ3) is 5.17. The number of aryl methyl sites for hydroxylation is 1. The zero-order valence-corrected chi connectivity index (χ0v) is 18.0. The van der Waals surface area contributed by atoms with Gasteiger partial charge in [-0.3, -0.25) is 9.59 Å². The second-order valence-corrected chi connectivity index (χ2v) is 8.23. The molecule has 1 N–H and O–H groups in total. The van der Waals surface area contributed by atoms with Crippen molar-refractivity contribution in [1.29, 1.82) is 0 Å². The SMILES string of the molecule is CCOC(=O)c1c(NC(=O)COC(=O)Cc2c(F)cccc2Cl)sc2c1CCCC2. The first-order valence-corrected chi connectivity index (χ1v) is 10.8. The van der Waals surface area contributed by atoms with E-state index in [1.165, 1.54) is 29.5 Å². The van der Waals surface area contributed by atoms with E-state index in [0.29, 0.717) is 10.6 Å². The number of halogens is 2. The Morgan fingerprint density at radius 2 is 1.97 bits per heavy atom. The molecule has 2 aromatic rings. The first kappa shape index (κ1) is 22.2. The van der Waals surface area contributed by atoms with Gasteiger partial charge in [0, 0.05) is 15.5 Å². The molecule has 0 atom stereocenters. The second-order valence-electron chi connectivity index (χ2n) is 6.72. The largest absolute Gasteiger partial charge is 0.462 e. The van der Waals surface area contributed by atoms with Gasteiger partial charge in [0.15, 0.2) is 6.61 Å². The molecule has 0 fully saturated rings. The topological polar surface area (TPSA) is 81.7 Å². The van der Waals surface area contributed by atoms with Crippen molar-refractivity contribution in [2.75, 3.05) is 18.5 Å². The molecule has 9 heteroatoms. The predicted molar refractivity (Wildman–Crippen MR) is 112 cm³/mol. The molecule has 0 unspecified atom stereocenters. The Bertz CT molecular complexity index is 954. The van der Waals surface area contributed by atoms with Gasteiger partial charge >= 0.3 is 11.9 Å². The summed E-state index contributed by atoms with van der Waals surface area (Å²) in [5.41, 5.74) is 1.32. The molecule has 0 bridgehead atoms. The van der Waals surface area contributed by atoms with E-state index in [0.717, 1.165) is 36.1 Å². The van der Waals surface area contributed by atoms with Crippen LogP contribution in [0.2, 0.25) is 5.02 Å². The minimum Gasteiger partial charge on any atom is -0.462 e. The van der Waals surface area contributed by atoms with Gasteiger partial charge in [-0.2, -0.15) is 0 Å². The highest BCUT2D eigenvalue weighted by Crippen LogP contribution is 2.38. The van der Waals surface area contributed by atoms with Gasteiger partial charge < -0.3 is 14.8 Å². The monoisotopic (exact) mass is 453 g/mol. The number of anilines is 1. The number of hydrogen-bond donors (Lipinski definition) is 1. The van der Waals surface area contributed by atoms with Crippen LogP contribution in [0.15, 0.2) is 18.2 Å². The maximum atomic E-state index is 13.8. The average Bonchev–Trinajstić information content (AvgIpc) is 3.07. The van der Waals surface area contributed by atoms with E-state index in [2.05, 4.69) is 5.32 Å². The van der Waals surface area contributed by atoms with E-state index in [-0.39, 0.29) is 23.6 Å². The van der Waals surface area contributed by atoms with Crippen LogP contribution in [0, 0.1) is 5.82 Å². The maximum Gasteiger partial charge on any atom is 0.341 e. The van der Waals surface area contributed by atoms with Crippen LogP contribution in [0.1, 0.15) is 46.1 Å². The zero-order valence-electron chi connectivity index (χ0n) is 16.4. The van der Waals surface area contributed by atoms with Crippen molar-refractivity contribution in [2.45, 2.75) is 39.0 Å². The number of carbonyl (C=O) groups is 3. The Hall–Kier alpha value is -2.45. The molecule has 0 saturated heterocycles. The quantitative estimate of drug-likeness (QED) is 0.631. The van der Waals surface area contributed by atoms with E-state index in [1.807, 2.05) is 0 Å². The molecular formula is C21H21ClFNO5S. The van der Waals surface area contributed by atoms with Crippen LogP contribution in [0.5, 0.6) is 0 Å². The molecule has 1 heterocycles. The Morgan fingerprint density at radius 3 is 2.70 bits per heavy atom. The molecule has 0 spiro atoms. The van der Waals surface area contributed by atoms with Crippen LogP contribution in [0.4, 0.5) is 9.39 Å². The number of carbonyl (C=O) groups excluding carboxylic acids is 3. The van der Waals surface area contributed by atoms with Crippen molar-refractivity contribution in [2.24, 2.45) is 0 Å². The van der Waals surface area contributed by atoms with Crippen LogP contribution in [-0.4, -0.2) is 31.1 Å². The molecule has 1 aliphatic carbocycles. The third-order valence-electron chi connectivity index (χ3n) is 4.65. The van der Waals surface area contributed by atoms with E-state index in [9.17, 15) is 18.8 Å². The molecule has 1 amide bonds. The molecule has 160 valence electrons. The summed E-state index contributed by atoms with van der Waals surface area (Å²) in [6.45, 7) is 1.39.